The number of halogens is 2. The van der Waals surface area contributed by atoms with Crippen molar-refractivity contribution in [3.8, 4) is 0 Å². The first-order valence-electron chi connectivity index (χ1n) is 5.55. The van der Waals surface area contributed by atoms with Crippen LogP contribution in [-0.4, -0.2) is 13.1 Å². The topological polar surface area (TPSA) is 3.24 Å². The van der Waals surface area contributed by atoms with Crippen LogP contribution in [0.3, 0.4) is 0 Å². The molecule has 1 unspecified atom stereocenters. The van der Waals surface area contributed by atoms with E-state index in [1.807, 2.05) is 18.0 Å². The molecule has 0 heterocycles. The Hall–Kier alpha value is -0.570. The lowest BCUT2D eigenvalue weighted by molar-refractivity contribution is 0.496. The molecule has 16 heavy (non-hydrogen) atoms. The van der Waals surface area contributed by atoms with E-state index in [0.29, 0.717) is 23.0 Å². The molecule has 1 aromatic carbocycles. The number of para-hydroxylation sites is 1. The van der Waals surface area contributed by atoms with Crippen LogP contribution in [0.2, 0.25) is 0 Å². The smallest absolute Gasteiger partial charge is 0.146 e. The van der Waals surface area contributed by atoms with E-state index in [0.717, 1.165) is 5.56 Å². The highest BCUT2D eigenvalue weighted by molar-refractivity contribution is 9.08. The molecule has 1 atom stereocenters. The molecule has 1 aromatic rings. The number of hydrogen-bond donors (Lipinski definition) is 0. The summed E-state index contributed by atoms with van der Waals surface area (Å²) in [5.74, 6) is 0.347. The van der Waals surface area contributed by atoms with E-state index >= 15 is 0 Å². The molecule has 0 bridgehead atoms. The number of alkyl halides is 1. The van der Waals surface area contributed by atoms with Crippen LogP contribution in [0.4, 0.5) is 10.1 Å². The SMILES string of the molecule is CC(C)C(C)N(C)c1c(F)cccc1CBr. The van der Waals surface area contributed by atoms with Gasteiger partial charge in [-0.05, 0) is 24.5 Å². The van der Waals surface area contributed by atoms with Crippen LogP contribution in [0.25, 0.3) is 0 Å². The van der Waals surface area contributed by atoms with Gasteiger partial charge >= 0.3 is 0 Å². The molecular formula is C13H19BrFN. The van der Waals surface area contributed by atoms with Crippen molar-refractivity contribution in [1.29, 1.82) is 0 Å². The van der Waals surface area contributed by atoms with Gasteiger partial charge in [-0.1, -0.05) is 41.9 Å². The average molecular weight is 288 g/mol. The van der Waals surface area contributed by atoms with Gasteiger partial charge in [-0.25, -0.2) is 4.39 Å². The van der Waals surface area contributed by atoms with Gasteiger partial charge < -0.3 is 4.90 Å². The summed E-state index contributed by atoms with van der Waals surface area (Å²) in [5.41, 5.74) is 1.70. The predicted octanol–water partition coefficient (Wildman–Crippen LogP) is 4.20. The van der Waals surface area contributed by atoms with E-state index in [9.17, 15) is 4.39 Å². The molecule has 0 amide bonds. The number of rotatable bonds is 4. The molecular weight excluding hydrogens is 269 g/mol. The zero-order valence-electron chi connectivity index (χ0n) is 10.3. The van der Waals surface area contributed by atoms with Crippen LogP contribution < -0.4 is 4.90 Å². The molecule has 0 aliphatic heterocycles. The number of benzene rings is 1. The fraction of sp³-hybridized carbons (Fsp3) is 0.538. The predicted molar refractivity (Wildman–Crippen MR) is 71.7 cm³/mol. The van der Waals surface area contributed by atoms with E-state index in [1.165, 1.54) is 6.07 Å². The number of hydrogen-bond acceptors (Lipinski definition) is 1. The third-order valence-corrected chi connectivity index (χ3v) is 3.75. The summed E-state index contributed by atoms with van der Waals surface area (Å²) in [6, 6.07) is 5.54. The second-order valence-corrected chi connectivity index (χ2v) is 5.04. The second-order valence-electron chi connectivity index (χ2n) is 4.48. The maximum Gasteiger partial charge on any atom is 0.146 e. The molecule has 0 N–H and O–H groups in total. The quantitative estimate of drug-likeness (QED) is 0.750. The van der Waals surface area contributed by atoms with Gasteiger partial charge in [0.2, 0.25) is 0 Å². The van der Waals surface area contributed by atoms with Crippen molar-refractivity contribution in [2.45, 2.75) is 32.1 Å². The third-order valence-electron chi connectivity index (χ3n) is 3.14. The van der Waals surface area contributed by atoms with Gasteiger partial charge in [0.15, 0.2) is 0 Å². The fourth-order valence-corrected chi connectivity index (χ4v) is 2.17. The molecule has 1 nitrogen and oxygen atoms in total. The lowest BCUT2D eigenvalue weighted by Crippen LogP contribution is -2.34. The first kappa shape index (κ1) is 13.5. The van der Waals surface area contributed by atoms with Gasteiger partial charge in [0, 0.05) is 18.4 Å². The first-order chi connectivity index (χ1) is 7.49. The van der Waals surface area contributed by atoms with E-state index in [-0.39, 0.29) is 5.82 Å². The minimum Gasteiger partial charge on any atom is -0.369 e. The summed E-state index contributed by atoms with van der Waals surface area (Å²) >= 11 is 3.40. The van der Waals surface area contributed by atoms with Gasteiger partial charge in [0.05, 0.1) is 5.69 Å². The molecule has 1 rings (SSSR count). The number of nitrogens with zero attached hydrogens (tertiary/aromatic N) is 1. The van der Waals surface area contributed by atoms with Crippen LogP contribution in [0.15, 0.2) is 18.2 Å². The zero-order valence-corrected chi connectivity index (χ0v) is 11.9. The molecule has 0 radical (unpaired) electrons. The molecule has 0 saturated heterocycles. The lowest BCUT2D eigenvalue weighted by atomic mass is 10.0. The summed E-state index contributed by atoms with van der Waals surface area (Å²) in [4.78, 5) is 2.02. The second kappa shape index (κ2) is 5.67. The maximum atomic E-state index is 13.8. The standard InChI is InChI=1S/C13H19BrFN/c1-9(2)10(3)16(4)13-11(8-14)6-5-7-12(13)15/h5-7,9-10H,8H2,1-4H3. The van der Waals surface area contributed by atoms with Gasteiger partial charge in [0.1, 0.15) is 5.82 Å². The number of anilines is 1. The normalized spacial score (nSPS) is 12.9. The van der Waals surface area contributed by atoms with E-state index in [1.54, 1.807) is 6.07 Å². The zero-order chi connectivity index (χ0) is 12.3. The van der Waals surface area contributed by atoms with Crippen molar-refractivity contribution in [3.05, 3.63) is 29.6 Å². The molecule has 0 aromatic heterocycles. The largest absolute Gasteiger partial charge is 0.369 e. The summed E-state index contributed by atoms with van der Waals surface area (Å²) in [6.45, 7) is 6.42. The summed E-state index contributed by atoms with van der Waals surface area (Å²) < 4.78 is 13.8. The van der Waals surface area contributed by atoms with Crippen molar-refractivity contribution in [2.75, 3.05) is 11.9 Å². The fourth-order valence-electron chi connectivity index (χ4n) is 1.71. The Morgan fingerprint density at radius 2 is 1.94 bits per heavy atom. The first-order valence-corrected chi connectivity index (χ1v) is 6.67. The van der Waals surface area contributed by atoms with Gasteiger partial charge in [-0.3, -0.25) is 0 Å². The third kappa shape index (κ3) is 2.76. The highest BCUT2D eigenvalue weighted by Gasteiger charge is 2.19. The van der Waals surface area contributed by atoms with Crippen molar-refractivity contribution in [3.63, 3.8) is 0 Å². The van der Waals surface area contributed by atoms with E-state index < -0.39 is 0 Å². The van der Waals surface area contributed by atoms with Gasteiger partial charge in [0.25, 0.3) is 0 Å². The van der Waals surface area contributed by atoms with Crippen LogP contribution in [0, 0.1) is 11.7 Å². The van der Waals surface area contributed by atoms with E-state index in [2.05, 4.69) is 36.7 Å². The molecule has 0 spiro atoms. The minimum atomic E-state index is -0.146. The summed E-state index contributed by atoms with van der Waals surface area (Å²) in [7, 11) is 1.95. The highest BCUT2D eigenvalue weighted by atomic mass is 79.9. The van der Waals surface area contributed by atoms with Crippen LogP contribution in [-0.2, 0) is 5.33 Å². The Kier molecular flexibility index (Phi) is 4.78. The van der Waals surface area contributed by atoms with Crippen LogP contribution in [0.1, 0.15) is 26.3 Å². The van der Waals surface area contributed by atoms with Crippen molar-refractivity contribution in [2.24, 2.45) is 5.92 Å². The molecule has 0 saturated carbocycles. The van der Waals surface area contributed by atoms with Crippen LogP contribution in [0.5, 0.6) is 0 Å². The van der Waals surface area contributed by atoms with Crippen molar-refractivity contribution < 1.29 is 4.39 Å². The molecule has 0 fully saturated rings. The minimum absolute atomic E-state index is 0.146. The average Bonchev–Trinajstić information content (AvgIpc) is 2.26. The Morgan fingerprint density at radius 3 is 2.44 bits per heavy atom. The Bertz CT molecular complexity index is 352. The monoisotopic (exact) mass is 287 g/mol. The van der Waals surface area contributed by atoms with Crippen LogP contribution >= 0.6 is 15.9 Å². The highest BCUT2D eigenvalue weighted by Crippen LogP contribution is 2.28. The lowest BCUT2D eigenvalue weighted by Gasteiger charge is -2.31. The maximum absolute atomic E-state index is 13.8. The Labute approximate surface area is 106 Å². The molecule has 0 aliphatic rings. The summed E-state index contributed by atoms with van der Waals surface area (Å²) in [5, 5.41) is 0.676. The van der Waals surface area contributed by atoms with Crippen molar-refractivity contribution in [1.82, 2.24) is 0 Å². The summed E-state index contributed by atoms with van der Waals surface area (Å²) in [6.07, 6.45) is 0. The van der Waals surface area contributed by atoms with Gasteiger partial charge in [-0.2, -0.15) is 0 Å². The van der Waals surface area contributed by atoms with Crippen molar-refractivity contribution >= 4 is 21.6 Å². The van der Waals surface area contributed by atoms with Gasteiger partial charge in [-0.15, -0.1) is 0 Å². The Balaban J connectivity index is 3.11. The molecule has 90 valence electrons. The molecule has 3 heteroatoms. The Morgan fingerprint density at radius 1 is 1.31 bits per heavy atom. The van der Waals surface area contributed by atoms with E-state index in [4.69, 9.17) is 0 Å². The molecule has 0 aliphatic carbocycles.